The normalized spacial score (nSPS) is 17.2. The number of benzene rings is 2. The molecule has 1 N–H and O–H groups in total. The summed E-state index contributed by atoms with van der Waals surface area (Å²) in [6, 6.07) is 13.9. The van der Waals surface area contributed by atoms with Crippen molar-refractivity contribution in [2.24, 2.45) is 5.41 Å². The molecule has 1 atom stereocenters. The number of nitrogens with zero attached hydrogens (tertiary/aromatic N) is 1. The summed E-state index contributed by atoms with van der Waals surface area (Å²) in [7, 11) is 1.56. The number of amides is 1. The molecular weight excluding hydrogens is 354 g/mol. The molecule has 0 saturated heterocycles. The van der Waals surface area contributed by atoms with E-state index in [9.17, 15) is 14.7 Å². The lowest BCUT2D eigenvalue weighted by Gasteiger charge is -2.29. The number of methoxy groups -OCH3 is 1. The zero-order valence-corrected chi connectivity index (χ0v) is 16.8. The van der Waals surface area contributed by atoms with Gasteiger partial charge >= 0.3 is 0 Å². The van der Waals surface area contributed by atoms with Crippen LogP contribution in [0.25, 0.3) is 0 Å². The maximum absolute atomic E-state index is 13.2. The van der Waals surface area contributed by atoms with Gasteiger partial charge in [-0.05, 0) is 36.8 Å². The van der Waals surface area contributed by atoms with E-state index in [0.29, 0.717) is 17.0 Å². The molecule has 28 heavy (non-hydrogen) atoms. The summed E-state index contributed by atoms with van der Waals surface area (Å²) in [5.41, 5.74) is 1.74. The van der Waals surface area contributed by atoms with Gasteiger partial charge < -0.3 is 9.84 Å². The Kier molecular flexibility index (Phi) is 5.02. The molecular formula is C23H25NO4. The Bertz CT molecular complexity index is 951. The molecule has 1 aliphatic rings. The lowest BCUT2D eigenvalue weighted by molar-refractivity contribution is -0.123. The minimum atomic E-state index is -0.746. The molecule has 146 valence electrons. The van der Waals surface area contributed by atoms with E-state index < -0.39 is 23.1 Å². The number of aliphatic hydroxyl groups is 1. The Labute approximate surface area is 165 Å². The Morgan fingerprint density at radius 2 is 1.75 bits per heavy atom. The highest BCUT2D eigenvalue weighted by molar-refractivity contribution is 6.17. The summed E-state index contributed by atoms with van der Waals surface area (Å²) in [4.78, 5) is 27.6. The summed E-state index contributed by atoms with van der Waals surface area (Å²) < 4.78 is 5.32. The van der Waals surface area contributed by atoms with E-state index in [2.05, 4.69) is 0 Å². The molecule has 1 amide bonds. The minimum Gasteiger partial charge on any atom is -0.503 e. The van der Waals surface area contributed by atoms with Crippen LogP contribution in [0.15, 0.2) is 59.9 Å². The molecule has 0 radical (unpaired) electrons. The monoisotopic (exact) mass is 379 g/mol. The maximum atomic E-state index is 13.2. The number of rotatable bonds is 4. The molecule has 0 saturated carbocycles. The number of aryl methyl sites for hydroxylation is 1. The third kappa shape index (κ3) is 3.40. The van der Waals surface area contributed by atoms with Crippen molar-refractivity contribution in [1.82, 2.24) is 0 Å². The summed E-state index contributed by atoms with van der Waals surface area (Å²) in [6.07, 6.45) is 0. The Morgan fingerprint density at radius 3 is 2.32 bits per heavy atom. The molecule has 5 heteroatoms. The van der Waals surface area contributed by atoms with Gasteiger partial charge in [0.15, 0.2) is 11.5 Å². The van der Waals surface area contributed by atoms with Crippen molar-refractivity contribution in [2.75, 3.05) is 12.0 Å². The molecule has 0 bridgehead atoms. The molecule has 0 aliphatic carbocycles. The van der Waals surface area contributed by atoms with Gasteiger partial charge in [-0.2, -0.15) is 0 Å². The van der Waals surface area contributed by atoms with Gasteiger partial charge in [0.2, 0.25) is 0 Å². The molecule has 0 spiro atoms. The first-order chi connectivity index (χ1) is 13.1. The topological polar surface area (TPSA) is 66.8 Å². The van der Waals surface area contributed by atoms with Gasteiger partial charge in [-0.25, -0.2) is 0 Å². The molecule has 0 aromatic heterocycles. The molecule has 5 nitrogen and oxygen atoms in total. The Morgan fingerprint density at radius 1 is 1.11 bits per heavy atom. The first-order valence-electron chi connectivity index (χ1n) is 9.17. The predicted octanol–water partition coefficient (Wildman–Crippen LogP) is 4.52. The standard InChI is InChI=1S/C23H25NO4/c1-14-9-11-16(12-10-14)24-19(15-7-6-8-17(13-15)28-5)18(20(25)22(24)27)21(26)23(2,3)4/h6-13,19,25H,1-5H3. The second kappa shape index (κ2) is 7.15. The number of hydrogen-bond donors (Lipinski definition) is 1. The van der Waals surface area contributed by atoms with Crippen molar-refractivity contribution in [3.05, 3.63) is 71.0 Å². The number of anilines is 1. The molecule has 2 aromatic carbocycles. The van der Waals surface area contributed by atoms with Crippen LogP contribution < -0.4 is 9.64 Å². The predicted molar refractivity (Wildman–Crippen MR) is 109 cm³/mol. The van der Waals surface area contributed by atoms with Crippen LogP contribution in [0.2, 0.25) is 0 Å². The van der Waals surface area contributed by atoms with Crippen LogP contribution in [0.1, 0.15) is 37.9 Å². The Balaban J connectivity index is 2.21. The maximum Gasteiger partial charge on any atom is 0.294 e. The van der Waals surface area contributed by atoms with Crippen LogP contribution in [0.4, 0.5) is 5.69 Å². The van der Waals surface area contributed by atoms with E-state index >= 15 is 0 Å². The van der Waals surface area contributed by atoms with E-state index in [1.165, 1.54) is 4.90 Å². The first kappa shape index (κ1) is 19.7. The molecule has 3 rings (SSSR count). The van der Waals surface area contributed by atoms with Gasteiger partial charge in [0, 0.05) is 11.1 Å². The van der Waals surface area contributed by atoms with Crippen molar-refractivity contribution in [2.45, 2.75) is 33.7 Å². The van der Waals surface area contributed by atoms with Crippen LogP contribution in [0, 0.1) is 12.3 Å². The Hall–Kier alpha value is -3.08. The van der Waals surface area contributed by atoms with Crippen LogP contribution in [0.3, 0.4) is 0 Å². The largest absolute Gasteiger partial charge is 0.503 e. The fourth-order valence-corrected chi connectivity index (χ4v) is 3.34. The number of aliphatic hydroxyl groups excluding tert-OH is 1. The number of ether oxygens (including phenoxy) is 1. The average molecular weight is 379 g/mol. The van der Waals surface area contributed by atoms with Crippen molar-refractivity contribution < 1.29 is 19.4 Å². The van der Waals surface area contributed by atoms with Crippen LogP contribution in [-0.2, 0) is 9.59 Å². The van der Waals surface area contributed by atoms with Crippen molar-refractivity contribution in [3.8, 4) is 5.75 Å². The number of carbonyl (C=O) groups excluding carboxylic acids is 2. The second-order valence-electron chi connectivity index (χ2n) is 8.03. The van der Waals surface area contributed by atoms with E-state index in [1.54, 1.807) is 46.1 Å². The third-order valence-electron chi connectivity index (χ3n) is 4.86. The number of hydrogen-bond acceptors (Lipinski definition) is 4. The third-order valence-corrected chi connectivity index (χ3v) is 4.86. The van der Waals surface area contributed by atoms with Crippen LogP contribution >= 0.6 is 0 Å². The molecule has 0 fully saturated rings. The van der Waals surface area contributed by atoms with Crippen LogP contribution in [0.5, 0.6) is 5.75 Å². The van der Waals surface area contributed by atoms with Gasteiger partial charge in [-0.15, -0.1) is 0 Å². The molecule has 1 unspecified atom stereocenters. The summed E-state index contributed by atoms with van der Waals surface area (Å²) in [5, 5.41) is 10.7. The molecule has 1 heterocycles. The lowest BCUT2D eigenvalue weighted by Crippen LogP contribution is -2.32. The summed E-state index contributed by atoms with van der Waals surface area (Å²) in [6.45, 7) is 7.28. The zero-order valence-electron chi connectivity index (χ0n) is 16.8. The van der Waals surface area contributed by atoms with E-state index in [-0.39, 0.29) is 11.4 Å². The summed E-state index contributed by atoms with van der Waals surface area (Å²) >= 11 is 0. The average Bonchev–Trinajstić information content (AvgIpc) is 2.92. The highest BCUT2D eigenvalue weighted by atomic mass is 16.5. The highest BCUT2D eigenvalue weighted by Gasteiger charge is 2.46. The van der Waals surface area contributed by atoms with E-state index in [0.717, 1.165) is 5.56 Å². The van der Waals surface area contributed by atoms with Gasteiger partial charge in [0.25, 0.3) is 5.91 Å². The fraction of sp³-hybridized carbons (Fsp3) is 0.304. The number of carbonyl (C=O) groups is 2. The van der Waals surface area contributed by atoms with E-state index in [1.807, 2.05) is 37.3 Å². The fourth-order valence-electron chi connectivity index (χ4n) is 3.34. The van der Waals surface area contributed by atoms with Crippen LogP contribution in [-0.4, -0.2) is 23.9 Å². The van der Waals surface area contributed by atoms with Crippen molar-refractivity contribution in [1.29, 1.82) is 0 Å². The van der Waals surface area contributed by atoms with Gasteiger partial charge in [0.05, 0.1) is 18.7 Å². The van der Waals surface area contributed by atoms with Gasteiger partial charge in [-0.1, -0.05) is 50.6 Å². The van der Waals surface area contributed by atoms with Crippen molar-refractivity contribution >= 4 is 17.4 Å². The van der Waals surface area contributed by atoms with E-state index in [4.69, 9.17) is 4.74 Å². The van der Waals surface area contributed by atoms with Gasteiger partial charge in [-0.3, -0.25) is 14.5 Å². The lowest BCUT2D eigenvalue weighted by atomic mass is 9.82. The zero-order chi connectivity index (χ0) is 20.6. The summed E-state index contributed by atoms with van der Waals surface area (Å²) in [5.74, 6) is -0.721. The quantitative estimate of drug-likeness (QED) is 0.848. The number of ketones is 1. The molecule has 2 aromatic rings. The van der Waals surface area contributed by atoms with Crippen molar-refractivity contribution in [3.63, 3.8) is 0 Å². The smallest absolute Gasteiger partial charge is 0.294 e. The SMILES string of the molecule is COc1cccc(C2C(C(=O)C(C)(C)C)=C(O)C(=O)N2c2ccc(C)cc2)c1. The molecule has 1 aliphatic heterocycles. The second-order valence-corrected chi connectivity index (χ2v) is 8.03. The first-order valence-corrected chi connectivity index (χ1v) is 9.17. The minimum absolute atomic E-state index is 0.117. The van der Waals surface area contributed by atoms with Gasteiger partial charge in [0.1, 0.15) is 5.75 Å². The number of Topliss-reactive ketones (excluding diaryl/α,β-unsaturated/α-hetero) is 1. The highest BCUT2D eigenvalue weighted by Crippen LogP contribution is 2.43.